The molecule has 0 spiro atoms. The molecule has 10 aromatic carbocycles. The minimum Gasteiger partial charge on any atom is -0.0619 e. The quantitative estimate of drug-likeness (QED) is 0.164. The van der Waals surface area contributed by atoms with E-state index in [-0.39, 0.29) is 5.41 Å². The van der Waals surface area contributed by atoms with Crippen LogP contribution < -0.4 is 0 Å². The number of hydrogen-bond acceptors (Lipinski definition) is 0. The molecule has 51 heavy (non-hydrogen) atoms. The van der Waals surface area contributed by atoms with Crippen LogP contribution in [0.1, 0.15) is 25.0 Å². The van der Waals surface area contributed by atoms with Gasteiger partial charge in [-0.05, 0) is 127 Å². The lowest BCUT2D eigenvalue weighted by Gasteiger charge is -2.24. The Morgan fingerprint density at radius 3 is 1.61 bits per heavy atom. The summed E-state index contributed by atoms with van der Waals surface area (Å²) in [5.74, 6) is 0. The summed E-state index contributed by atoms with van der Waals surface area (Å²) in [6, 6.07) is 59.9. The van der Waals surface area contributed by atoms with Crippen molar-refractivity contribution in [3.05, 3.63) is 169 Å². The Morgan fingerprint density at radius 2 is 0.843 bits per heavy atom. The molecule has 0 saturated carbocycles. The zero-order valence-electron chi connectivity index (χ0n) is 28.5. The second-order valence-corrected chi connectivity index (χ2v) is 15.2. The first-order chi connectivity index (χ1) is 25.1. The van der Waals surface area contributed by atoms with Crippen LogP contribution in [0.25, 0.3) is 109 Å². The Bertz CT molecular complexity index is 3130. The van der Waals surface area contributed by atoms with Gasteiger partial charge in [-0.1, -0.05) is 166 Å². The van der Waals surface area contributed by atoms with Crippen LogP contribution in [-0.4, -0.2) is 0 Å². The maximum atomic E-state index is 2.51. The van der Waals surface area contributed by atoms with E-state index in [0.717, 1.165) is 0 Å². The zero-order chi connectivity index (χ0) is 33.6. The molecule has 0 nitrogen and oxygen atoms in total. The molecule has 0 heterocycles. The van der Waals surface area contributed by atoms with Crippen molar-refractivity contribution in [3.63, 3.8) is 0 Å². The van der Waals surface area contributed by atoms with Crippen LogP contribution in [-0.2, 0) is 5.41 Å². The van der Waals surface area contributed by atoms with E-state index in [1.54, 1.807) is 0 Å². The fourth-order valence-electron chi connectivity index (χ4n) is 10.1. The van der Waals surface area contributed by atoms with Crippen molar-refractivity contribution in [2.45, 2.75) is 19.3 Å². The van der Waals surface area contributed by atoms with E-state index in [1.807, 2.05) is 0 Å². The SMILES string of the molecule is CC1(C)c2ccccc2-c2ccc(-c3c4c(c(-c5ccc6ccc7cccc8ccc5c6c78)c5ccccc35)-c3cccc5cccc-4c35)cc21. The summed E-state index contributed by atoms with van der Waals surface area (Å²) in [5, 5.41) is 13.2. The van der Waals surface area contributed by atoms with Crippen molar-refractivity contribution in [1.82, 2.24) is 0 Å². The molecule has 0 aliphatic heterocycles. The largest absolute Gasteiger partial charge is 0.0619 e. The van der Waals surface area contributed by atoms with Crippen LogP contribution in [0.2, 0.25) is 0 Å². The Morgan fingerprint density at radius 1 is 0.314 bits per heavy atom. The maximum Gasteiger partial charge on any atom is 0.0159 e. The van der Waals surface area contributed by atoms with Gasteiger partial charge in [-0.2, -0.15) is 0 Å². The van der Waals surface area contributed by atoms with Gasteiger partial charge in [0, 0.05) is 5.41 Å². The molecule has 0 fully saturated rings. The molecule has 236 valence electrons. The highest BCUT2D eigenvalue weighted by molar-refractivity contribution is 6.31. The molecule has 0 amide bonds. The Hall–Kier alpha value is -6.24. The first-order valence-electron chi connectivity index (χ1n) is 18.1. The van der Waals surface area contributed by atoms with Crippen molar-refractivity contribution < 1.29 is 0 Å². The monoisotopic (exact) mass is 644 g/mol. The van der Waals surface area contributed by atoms with Crippen LogP contribution in [0.3, 0.4) is 0 Å². The minimum atomic E-state index is -0.0778. The van der Waals surface area contributed by atoms with E-state index in [1.165, 1.54) is 121 Å². The lowest BCUT2D eigenvalue weighted by atomic mass is 9.78. The lowest BCUT2D eigenvalue weighted by molar-refractivity contribution is 0.660. The highest BCUT2D eigenvalue weighted by Gasteiger charge is 2.36. The molecule has 0 heteroatoms. The highest BCUT2D eigenvalue weighted by atomic mass is 14.4. The number of rotatable bonds is 2. The molecule has 0 atom stereocenters. The van der Waals surface area contributed by atoms with E-state index in [4.69, 9.17) is 0 Å². The summed E-state index contributed by atoms with van der Waals surface area (Å²) in [5.41, 5.74) is 16.1. The molecule has 0 aromatic heterocycles. The van der Waals surface area contributed by atoms with Crippen molar-refractivity contribution >= 4 is 53.9 Å². The van der Waals surface area contributed by atoms with Crippen LogP contribution in [0, 0.1) is 0 Å². The molecule has 2 aliphatic carbocycles. The molecule has 2 aliphatic rings. The number of benzene rings is 10. The highest BCUT2D eigenvalue weighted by Crippen LogP contribution is 2.59. The van der Waals surface area contributed by atoms with E-state index in [0.29, 0.717) is 0 Å². The topological polar surface area (TPSA) is 0 Å². The number of hydrogen-bond donors (Lipinski definition) is 0. The van der Waals surface area contributed by atoms with Gasteiger partial charge >= 0.3 is 0 Å². The fraction of sp³-hybridized carbons (Fsp3) is 0.0588. The smallest absolute Gasteiger partial charge is 0.0159 e. The first-order valence-corrected chi connectivity index (χ1v) is 18.1. The van der Waals surface area contributed by atoms with Crippen LogP contribution in [0.15, 0.2) is 158 Å². The van der Waals surface area contributed by atoms with Crippen LogP contribution >= 0.6 is 0 Å². The molecule has 0 saturated heterocycles. The Labute approximate surface area is 296 Å². The second kappa shape index (κ2) is 9.50. The fourth-order valence-corrected chi connectivity index (χ4v) is 10.1. The van der Waals surface area contributed by atoms with Gasteiger partial charge in [0.25, 0.3) is 0 Å². The summed E-state index contributed by atoms with van der Waals surface area (Å²) in [4.78, 5) is 0. The van der Waals surface area contributed by atoms with Crippen molar-refractivity contribution in [3.8, 4) is 55.6 Å². The molecule has 0 N–H and O–H groups in total. The van der Waals surface area contributed by atoms with Crippen LogP contribution in [0.4, 0.5) is 0 Å². The Balaban J connectivity index is 1.25. The van der Waals surface area contributed by atoms with Crippen molar-refractivity contribution in [1.29, 1.82) is 0 Å². The lowest BCUT2D eigenvalue weighted by Crippen LogP contribution is -2.14. The summed E-state index contributed by atoms with van der Waals surface area (Å²) in [7, 11) is 0. The standard InChI is InChI=1S/C51H32/c1-51(2)42-19-6-5-14-34(42)35-25-24-33(28-43(35)51)47-36-15-3-4-16-37(36)48(50-41-18-9-13-29-12-8-17-40(45(29)41)49(47)50)39-27-23-32-21-20-30-10-7-11-31-22-26-38(39)46(32)44(30)31/h3-28H,1-2H3. The number of fused-ring (bicyclic) bond motifs is 7. The average molecular weight is 645 g/mol. The van der Waals surface area contributed by atoms with Gasteiger partial charge in [-0.25, -0.2) is 0 Å². The third kappa shape index (κ3) is 3.40. The van der Waals surface area contributed by atoms with Gasteiger partial charge in [-0.15, -0.1) is 0 Å². The molecule has 10 aromatic rings. The predicted molar refractivity (Wildman–Crippen MR) is 218 cm³/mol. The zero-order valence-corrected chi connectivity index (χ0v) is 28.5. The summed E-state index contributed by atoms with van der Waals surface area (Å²) < 4.78 is 0. The molecule has 0 unspecified atom stereocenters. The van der Waals surface area contributed by atoms with Gasteiger partial charge < -0.3 is 0 Å². The van der Waals surface area contributed by atoms with Crippen molar-refractivity contribution in [2.75, 3.05) is 0 Å². The van der Waals surface area contributed by atoms with Crippen LogP contribution in [0.5, 0.6) is 0 Å². The summed E-state index contributed by atoms with van der Waals surface area (Å²) in [6.45, 7) is 4.77. The van der Waals surface area contributed by atoms with E-state index >= 15 is 0 Å². The molecular weight excluding hydrogens is 613 g/mol. The third-order valence-electron chi connectivity index (χ3n) is 12.3. The van der Waals surface area contributed by atoms with Gasteiger partial charge in [0.1, 0.15) is 0 Å². The van der Waals surface area contributed by atoms with E-state index in [2.05, 4.69) is 172 Å². The van der Waals surface area contributed by atoms with Crippen molar-refractivity contribution in [2.24, 2.45) is 0 Å². The average Bonchev–Trinajstić information content (AvgIpc) is 3.62. The molecular formula is C51H32. The first kappa shape index (κ1) is 27.6. The van der Waals surface area contributed by atoms with Gasteiger partial charge in [0.05, 0.1) is 0 Å². The van der Waals surface area contributed by atoms with Gasteiger partial charge in [-0.3, -0.25) is 0 Å². The summed E-state index contributed by atoms with van der Waals surface area (Å²) in [6.07, 6.45) is 0. The maximum absolute atomic E-state index is 2.51. The molecule has 0 bridgehead atoms. The van der Waals surface area contributed by atoms with Gasteiger partial charge in [0.2, 0.25) is 0 Å². The predicted octanol–water partition coefficient (Wildman–Crippen LogP) is 14.2. The van der Waals surface area contributed by atoms with E-state index < -0.39 is 0 Å². The molecule has 12 rings (SSSR count). The molecule has 0 radical (unpaired) electrons. The summed E-state index contributed by atoms with van der Waals surface area (Å²) >= 11 is 0. The Kier molecular flexibility index (Phi) is 5.14. The third-order valence-corrected chi connectivity index (χ3v) is 12.3. The second-order valence-electron chi connectivity index (χ2n) is 15.2. The van der Waals surface area contributed by atoms with Gasteiger partial charge in [0.15, 0.2) is 0 Å². The minimum absolute atomic E-state index is 0.0778. The normalized spacial score (nSPS) is 13.8. The van der Waals surface area contributed by atoms with E-state index in [9.17, 15) is 0 Å².